The normalized spacial score (nSPS) is 11.8. The molecule has 0 aliphatic heterocycles. The molecule has 0 aliphatic rings. The van der Waals surface area contributed by atoms with Crippen molar-refractivity contribution >= 4 is 46.8 Å². The third kappa shape index (κ3) is 6.95. The van der Waals surface area contributed by atoms with Gasteiger partial charge in [-0.05, 0) is 44.0 Å². The predicted octanol–water partition coefficient (Wildman–Crippen LogP) is 5.09. The fraction of sp³-hybridized carbons (Fsp3) is 0.364. The summed E-state index contributed by atoms with van der Waals surface area (Å²) in [5, 5.41) is 3.97. The molecule has 0 fully saturated rings. The Morgan fingerprint density at radius 1 is 1.10 bits per heavy atom. The summed E-state index contributed by atoms with van der Waals surface area (Å²) in [5.41, 5.74) is 2.95. The summed E-state index contributed by atoms with van der Waals surface area (Å²) in [6.45, 7) is 6.54. The van der Waals surface area contributed by atoms with Crippen LogP contribution in [0.4, 0.5) is 0 Å². The number of carbonyl (C=O) groups is 2. The van der Waals surface area contributed by atoms with Crippen LogP contribution in [0.2, 0.25) is 10.0 Å². The van der Waals surface area contributed by atoms with E-state index >= 15 is 0 Å². The average molecular weight is 453 g/mol. The maximum absolute atomic E-state index is 13.0. The van der Waals surface area contributed by atoms with Crippen molar-refractivity contribution in [3.8, 4) is 0 Å². The fourth-order valence-corrected chi connectivity index (χ4v) is 4.44. The van der Waals surface area contributed by atoms with Gasteiger partial charge in [0.05, 0.1) is 5.75 Å². The van der Waals surface area contributed by atoms with E-state index in [1.807, 2.05) is 38.1 Å². The van der Waals surface area contributed by atoms with Crippen LogP contribution in [0.5, 0.6) is 0 Å². The van der Waals surface area contributed by atoms with Crippen molar-refractivity contribution in [3.63, 3.8) is 0 Å². The smallest absolute Gasteiger partial charge is 0.242 e. The van der Waals surface area contributed by atoms with Crippen LogP contribution < -0.4 is 5.32 Å². The average Bonchev–Trinajstić information content (AvgIpc) is 2.69. The SMILES string of the molecule is CCNC(=O)C(C)N(Cc1ccc(C)cc1)C(=O)CSCc1c(Cl)cccc1Cl. The van der Waals surface area contributed by atoms with Gasteiger partial charge >= 0.3 is 0 Å². The molecule has 2 aromatic carbocycles. The second kappa shape index (κ2) is 11.5. The third-order valence-electron chi connectivity index (χ3n) is 4.53. The van der Waals surface area contributed by atoms with Crippen molar-refractivity contribution in [1.29, 1.82) is 0 Å². The zero-order valence-electron chi connectivity index (χ0n) is 16.9. The van der Waals surface area contributed by atoms with E-state index < -0.39 is 6.04 Å². The van der Waals surface area contributed by atoms with Crippen LogP contribution in [0, 0.1) is 6.92 Å². The zero-order valence-corrected chi connectivity index (χ0v) is 19.2. The Kier molecular flexibility index (Phi) is 9.34. The highest BCUT2D eigenvalue weighted by Gasteiger charge is 2.25. The second-order valence-corrected chi connectivity index (χ2v) is 8.57. The molecule has 0 spiro atoms. The van der Waals surface area contributed by atoms with Crippen molar-refractivity contribution in [2.75, 3.05) is 12.3 Å². The monoisotopic (exact) mass is 452 g/mol. The maximum Gasteiger partial charge on any atom is 0.242 e. The molecule has 0 aliphatic carbocycles. The quantitative estimate of drug-likeness (QED) is 0.576. The fourth-order valence-electron chi connectivity index (χ4n) is 2.79. The minimum absolute atomic E-state index is 0.0995. The second-order valence-electron chi connectivity index (χ2n) is 6.77. The summed E-state index contributed by atoms with van der Waals surface area (Å²) in [5.74, 6) is 0.500. The van der Waals surface area contributed by atoms with Gasteiger partial charge < -0.3 is 10.2 Å². The number of rotatable bonds is 9. The molecule has 0 aromatic heterocycles. The van der Waals surface area contributed by atoms with Gasteiger partial charge in [-0.3, -0.25) is 9.59 Å². The number of benzene rings is 2. The molecule has 1 unspecified atom stereocenters. The van der Waals surface area contributed by atoms with E-state index in [1.54, 1.807) is 30.0 Å². The number of hydrogen-bond acceptors (Lipinski definition) is 3. The lowest BCUT2D eigenvalue weighted by atomic mass is 10.1. The standard InChI is InChI=1S/C22H26Cl2N2O2S/c1-4-25-22(28)16(3)26(12-17-10-8-15(2)9-11-17)21(27)14-29-13-18-19(23)6-5-7-20(18)24/h5-11,16H,4,12-14H2,1-3H3,(H,25,28). The molecule has 0 saturated carbocycles. The lowest BCUT2D eigenvalue weighted by Crippen LogP contribution is -2.48. The van der Waals surface area contributed by atoms with Crippen molar-refractivity contribution in [2.24, 2.45) is 0 Å². The Hall–Kier alpha value is -1.69. The summed E-state index contributed by atoms with van der Waals surface area (Å²) >= 11 is 13.9. The third-order valence-corrected chi connectivity index (χ3v) is 6.18. The van der Waals surface area contributed by atoms with Gasteiger partial charge in [0.25, 0.3) is 0 Å². The molecule has 2 rings (SSSR count). The number of likely N-dealkylation sites (N-methyl/N-ethyl adjacent to an activating group) is 1. The molecule has 0 bridgehead atoms. The largest absolute Gasteiger partial charge is 0.355 e. The molecule has 2 aromatic rings. The zero-order chi connectivity index (χ0) is 21.4. The van der Waals surface area contributed by atoms with Crippen LogP contribution in [0.3, 0.4) is 0 Å². The van der Waals surface area contributed by atoms with Crippen molar-refractivity contribution in [1.82, 2.24) is 10.2 Å². The highest BCUT2D eigenvalue weighted by molar-refractivity contribution is 7.99. The van der Waals surface area contributed by atoms with Gasteiger partial charge in [0.15, 0.2) is 0 Å². The topological polar surface area (TPSA) is 49.4 Å². The van der Waals surface area contributed by atoms with Crippen molar-refractivity contribution in [3.05, 3.63) is 69.2 Å². The van der Waals surface area contributed by atoms with Crippen LogP contribution in [0.15, 0.2) is 42.5 Å². The Bertz CT molecular complexity index is 823. The minimum atomic E-state index is -0.562. The van der Waals surface area contributed by atoms with Crippen LogP contribution >= 0.6 is 35.0 Å². The number of carbonyl (C=O) groups excluding carboxylic acids is 2. The summed E-state index contributed by atoms with van der Waals surface area (Å²) in [4.78, 5) is 27.0. The first kappa shape index (κ1) is 23.6. The van der Waals surface area contributed by atoms with E-state index in [0.29, 0.717) is 28.9 Å². The highest BCUT2D eigenvalue weighted by Crippen LogP contribution is 2.28. The van der Waals surface area contributed by atoms with Gasteiger partial charge in [0, 0.05) is 28.9 Å². The Morgan fingerprint density at radius 2 is 1.72 bits per heavy atom. The molecule has 1 N–H and O–H groups in total. The Labute approximate surface area is 187 Å². The lowest BCUT2D eigenvalue weighted by molar-refractivity contribution is -0.138. The van der Waals surface area contributed by atoms with Crippen LogP contribution in [0.1, 0.15) is 30.5 Å². The number of thioether (sulfide) groups is 1. The molecule has 0 heterocycles. The molecular weight excluding hydrogens is 427 g/mol. The van der Waals surface area contributed by atoms with Crippen LogP contribution in [-0.4, -0.2) is 35.1 Å². The molecule has 156 valence electrons. The summed E-state index contributed by atoms with van der Waals surface area (Å²) in [6.07, 6.45) is 0. The predicted molar refractivity (Wildman–Crippen MR) is 122 cm³/mol. The molecule has 0 saturated heterocycles. The van der Waals surface area contributed by atoms with E-state index in [9.17, 15) is 9.59 Å². The van der Waals surface area contributed by atoms with Gasteiger partial charge in [-0.2, -0.15) is 0 Å². The molecule has 7 heteroatoms. The van der Waals surface area contributed by atoms with Gasteiger partial charge in [0.2, 0.25) is 11.8 Å². The number of amides is 2. The molecule has 4 nitrogen and oxygen atoms in total. The number of halogens is 2. The van der Waals surface area contributed by atoms with Gasteiger partial charge in [-0.1, -0.05) is 59.1 Å². The number of hydrogen-bond donors (Lipinski definition) is 1. The number of nitrogens with zero attached hydrogens (tertiary/aromatic N) is 1. The first-order valence-electron chi connectivity index (χ1n) is 9.46. The van der Waals surface area contributed by atoms with E-state index in [1.165, 1.54) is 11.8 Å². The van der Waals surface area contributed by atoms with E-state index in [4.69, 9.17) is 23.2 Å². The van der Waals surface area contributed by atoms with Crippen molar-refractivity contribution < 1.29 is 9.59 Å². The van der Waals surface area contributed by atoms with Crippen LogP contribution in [0.25, 0.3) is 0 Å². The number of nitrogens with one attached hydrogen (secondary N) is 1. The summed E-state index contributed by atoms with van der Waals surface area (Å²) in [7, 11) is 0. The number of aryl methyl sites for hydroxylation is 1. The highest BCUT2D eigenvalue weighted by atomic mass is 35.5. The van der Waals surface area contributed by atoms with E-state index in [-0.39, 0.29) is 17.6 Å². The van der Waals surface area contributed by atoms with E-state index in [2.05, 4.69) is 5.32 Å². The molecule has 29 heavy (non-hydrogen) atoms. The molecule has 1 atom stereocenters. The van der Waals surface area contributed by atoms with Gasteiger partial charge in [0.1, 0.15) is 6.04 Å². The molecule has 2 amide bonds. The Balaban J connectivity index is 2.08. The maximum atomic E-state index is 13.0. The van der Waals surface area contributed by atoms with Crippen LogP contribution in [-0.2, 0) is 21.9 Å². The van der Waals surface area contributed by atoms with Gasteiger partial charge in [-0.15, -0.1) is 11.8 Å². The summed E-state index contributed by atoms with van der Waals surface area (Å²) in [6, 6.07) is 12.8. The lowest BCUT2D eigenvalue weighted by Gasteiger charge is -2.28. The summed E-state index contributed by atoms with van der Waals surface area (Å²) < 4.78 is 0. The molecule has 0 radical (unpaired) electrons. The minimum Gasteiger partial charge on any atom is -0.355 e. The van der Waals surface area contributed by atoms with E-state index in [0.717, 1.165) is 16.7 Å². The first-order valence-corrected chi connectivity index (χ1v) is 11.4. The Morgan fingerprint density at radius 3 is 2.31 bits per heavy atom. The van der Waals surface area contributed by atoms with Crippen molar-refractivity contribution in [2.45, 2.75) is 39.1 Å². The first-order chi connectivity index (χ1) is 13.8. The molecular formula is C22H26Cl2N2O2S. The van der Waals surface area contributed by atoms with Gasteiger partial charge in [-0.25, -0.2) is 0 Å².